The van der Waals surface area contributed by atoms with E-state index in [0.29, 0.717) is 10.8 Å². The van der Waals surface area contributed by atoms with Gasteiger partial charge in [0, 0.05) is 16.9 Å². The lowest BCUT2D eigenvalue weighted by molar-refractivity contribution is 0.0957. The van der Waals surface area contributed by atoms with Crippen LogP contribution in [-0.2, 0) is 0 Å². The topological polar surface area (TPSA) is 118 Å². The lowest BCUT2D eigenvalue weighted by Gasteiger charge is -2.13. The van der Waals surface area contributed by atoms with Gasteiger partial charge in [0.15, 0.2) is 11.6 Å². The lowest BCUT2D eigenvalue weighted by Crippen LogP contribution is -2.31. The predicted molar refractivity (Wildman–Crippen MR) is 96.5 cm³/mol. The number of amides is 1. The van der Waals surface area contributed by atoms with E-state index in [2.05, 4.69) is 31.1 Å². The van der Waals surface area contributed by atoms with Gasteiger partial charge in [0.05, 0.1) is 0 Å². The highest BCUT2D eigenvalue weighted by Gasteiger charge is 2.11. The minimum Gasteiger partial charge on any atom is -0.393 e. The molecule has 0 saturated heterocycles. The first-order chi connectivity index (χ1) is 12.1. The Morgan fingerprint density at radius 1 is 1.00 bits per heavy atom. The fourth-order valence-electron chi connectivity index (χ4n) is 1.94. The maximum Gasteiger partial charge on any atom is 0.288 e. The number of carbonyl (C=O) groups is 1. The molecule has 0 spiro atoms. The van der Waals surface area contributed by atoms with Crippen LogP contribution >= 0.6 is 11.6 Å². The van der Waals surface area contributed by atoms with Crippen molar-refractivity contribution >= 4 is 40.5 Å². The molecule has 0 saturated carbocycles. The van der Waals surface area contributed by atoms with Crippen molar-refractivity contribution in [2.45, 2.75) is 0 Å². The summed E-state index contributed by atoms with van der Waals surface area (Å²) in [5.41, 5.74) is 12.5. The van der Waals surface area contributed by atoms with Gasteiger partial charge >= 0.3 is 0 Å². The summed E-state index contributed by atoms with van der Waals surface area (Å²) < 4.78 is 0. The SMILES string of the molecule is Nc1c(NNC(=O)c2ccccn2)ncnc1Nc1ccc(Cl)cc1. The van der Waals surface area contributed by atoms with Crippen LogP contribution in [0, 0.1) is 0 Å². The molecule has 0 bridgehead atoms. The molecule has 126 valence electrons. The summed E-state index contributed by atoms with van der Waals surface area (Å²) >= 11 is 5.86. The van der Waals surface area contributed by atoms with Crippen LogP contribution in [0.15, 0.2) is 55.0 Å². The monoisotopic (exact) mass is 355 g/mol. The molecule has 0 atom stereocenters. The van der Waals surface area contributed by atoms with Gasteiger partial charge in [-0.2, -0.15) is 0 Å². The van der Waals surface area contributed by atoms with Crippen LogP contribution in [0.25, 0.3) is 0 Å². The normalized spacial score (nSPS) is 10.1. The van der Waals surface area contributed by atoms with E-state index >= 15 is 0 Å². The Morgan fingerprint density at radius 2 is 1.76 bits per heavy atom. The highest BCUT2D eigenvalue weighted by atomic mass is 35.5. The number of rotatable bonds is 5. The number of nitrogens with two attached hydrogens (primary N) is 1. The van der Waals surface area contributed by atoms with Gasteiger partial charge in [0.25, 0.3) is 5.91 Å². The van der Waals surface area contributed by atoms with Crippen LogP contribution in [-0.4, -0.2) is 20.9 Å². The molecule has 0 aliphatic heterocycles. The standard InChI is InChI=1S/C16H14ClN7O/c17-10-4-6-11(7-5-10)22-14-13(18)15(21-9-20-14)23-24-16(25)12-3-1-2-8-19-12/h1-9H,18H2,(H,24,25)(H2,20,21,22,23). The Balaban J connectivity index is 1.70. The number of hydrogen-bond acceptors (Lipinski definition) is 7. The molecule has 5 N–H and O–H groups in total. The first-order valence-electron chi connectivity index (χ1n) is 7.24. The number of nitrogen functional groups attached to an aromatic ring is 1. The number of halogens is 1. The number of hydrogen-bond donors (Lipinski definition) is 4. The maximum atomic E-state index is 12.0. The highest BCUT2D eigenvalue weighted by Crippen LogP contribution is 2.25. The smallest absolute Gasteiger partial charge is 0.288 e. The third-order valence-electron chi connectivity index (χ3n) is 3.18. The molecule has 0 aliphatic rings. The predicted octanol–water partition coefficient (Wildman–Crippen LogP) is 2.61. The molecule has 2 heterocycles. The average molecular weight is 356 g/mol. The van der Waals surface area contributed by atoms with Crippen LogP contribution in [0.5, 0.6) is 0 Å². The maximum absolute atomic E-state index is 12.0. The van der Waals surface area contributed by atoms with Crippen LogP contribution < -0.4 is 21.9 Å². The van der Waals surface area contributed by atoms with Crippen molar-refractivity contribution < 1.29 is 4.79 Å². The molecule has 25 heavy (non-hydrogen) atoms. The van der Waals surface area contributed by atoms with E-state index in [1.165, 1.54) is 12.5 Å². The fraction of sp³-hybridized carbons (Fsp3) is 0. The molecule has 3 rings (SSSR count). The highest BCUT2D eigenvalue weighted by molar-refractivity contribution is 6.30. The van der Waals surface area contributed by atoms with E-state index in [0.717, 1.165) is 5.69 Å². The fourth-order valence-corrected chi connectivity index (χ4v) is 2.07. The quantitative estimate of drug-likeness (QED) is 0.519. The minimum atomic E-state index is -0.411. The van der Waals surface area contributed by atoms with E-state index < -0.39 is 5.91 Å². The average Bonchev–Trinajstić information content (AvgIpc) is 2.64. The van der Waals surface area contributed by atoms with Crippen LogP contribution in [0.3, 0.4) is 0 Å². The van der Waals surface area contributed by atoms with E-state index in [4.69, 9.17) is 17.3 Å². The molecule has 2 aromatic heterocycles. The van der Waals surface area contributed by atoms with Gasteiger partial charge in [-0.05, 0) is 36.4 Å². The number of pyridine rings is 1. The van der Waals surface area contributed by atoms with Crippen molar-refractivity contribution in [1.82, 2.24) is 20.4 Å². The number of anilines is 4. The Kier molecular flexibility index (Phi) is 4.91. The molecule has 0 radical (unpaired) electrons. The third-order valence-corrected chi connectivity index (χ3v) is 3.43. The number of benzene rings is 1. The summed E-state index contributed by atoms with van der Waals surface area (Å²) in [6, 6.07) is 12.1. The zero-order valence-corrected chi connectivity index (χ0v) is 13.7. The second kappa shape index (κ2) is 7.45. The molecule has 0 aliphatic carbocycles. The van der Waals surface area contributed by atoms with Crippen molar-refractivity contribution in [3.05, 3.63) is 65.7 Å². The number of nitrogens with zero attached hydrogens (tertiary/aromatic N) is 3. The van der Waals surface area contributed by atoms with Crippen molar-refractivity contribution in [2.24, 2.45) is 0 Å². The summed E-state index contributed by atoms with van der Waals surface area (Å²) in [5, 5.41) is 3.69. The zero-order chi connectivity index (χ0) is 17.6. The summed E-state index contributed by atoms with van der Waals surface area (Å²) in [7, 11) is 0. The van der Waals surface area contributed by atoms with E-state index in [1.807, 2.05) is 0 Å². The Bertz CT molecular complexity index is 871. The van der Waals surface area contributed by atoms with Gasteiger partial charge in [-0.1, -0.05) is 17.7 Å². The summed E-state index contributed by atoms with van der Waals surface area (Å²) in [6.07, 6.45) is 2.85. The zero-order valence-electron chi connectivity index (χ0n) is 12.9. The number of hydrazine groups is 1. The first-order valence-corrected chi connectivity index (χ1v) is 7.62. The molecule has 1 amide bonds. The van der Waals surface area contributed by atoms with Gasteiger partial charge < -0.3 is 11.1 Å². The summed E-state index contributed by atoms with van der Waals surface area (Å²) in [4.78, 5) is 24.1. The largest absolute Gasteiger partial charge is 0.393 e. The second-order valence-electron chi connectivity index (χ2n) is 4.91. The Morgan fingerprint density at radius 3 is 2.48 bits per heavy atom. The van der Waals surface area contributed by atoms with Gasteiger partial charge in [-0.25, -0.2) is 9.97 Å². The van der Waals surface area contributed by atoms with E-state index in [1.54, 1.807) is 42.5 Å². The second-order valence-corrected chi connectivity index (χ2v) is 5.35. The third kappa shape index (κ3) is 4.12. The molecule has 8 nitrogen and oxygen atoms in total. The number of carbonyl (C=O) groups excluding carboxylic acids is 1. The molecule has 0 fully saturated rings. The molecule has 9 heteroatoms. The van der Waals surface area contributed by atoms with Crippen molar-refractivity contribution in [3.8, 4) is 0 Å². The van der Waals surface area contributed by atoms with E-state index in [-0.39, 0.29) is 17.2 Å². The van der Waals surface area contributed by atoms with Gasteiger partial charge in [0.2, 0.25) is 0 Å². The van der Waals surface area contributed by atoms with Gasteiger partial charge in [-0.15, -0.1) is 0 Å². The van der Waals surface area contributed by atoms with Gasteiger partial charge in [0.1, 0.15) is 17.7 Å². The molecule has 3 aromatic rings. The van der Waals surface area contributed by atoms with Crippen LogP contribution in [0.2, 0.25) is 5.02 Å². The summed E-state index contributed by atoms with van der Waals surface area (Å²) in [5.74, 6) is 0.244. The van der Waals surface area contributed by atoms with Crippen molar-refractivity contribution in [1.29, 1.82) is 0 Å². The molecule has 0 unspecified atom stereocenters. The Labute approximate surface area is 148 Å². The minimum absolute atomic E-state index is 0.249. The van der Waals surface area contributed by atoms with Crippen molar-refractivity contribution in [3.63, 3.8) is 0 Å². The van der Waals surface area contributed by atoms with Crippen molar-refractivity contribution in [2.75, 3.05) is 16.5 Å². The Hall–Kier alpha value is -3.39. The summed E-state index contributed by atoms with van der Waals surface area (Å²) in [6.45, 7) is 0. The van der Waals surface area contributed by atoms with E-state index in [9.17, 15) is 4.79 Å². The first kappa shape index (κ1) is 16.5. The molecular formula is C16H14ClN7O. The van der Waals surface area contributed by atoms with Gasteiger partial charge in [-0.3, -0.25) is 20.6 Å². The lowest BCUT2D eigenvalue weighted by atomic mass is 10.3. The molecule has 1 aromatic carbocycles. The van der Waals surface area contributed by atoms with Crippen LogP contribution in [0.4, 0.5) is 23.0 Å². The number of aromatic nitrogens is 3. The number of nitrogens with one attached hydrogen (secondary N) is 3. The van der Waals surface area contributed by atoms with Crippen LogP contribution in [0.1, 0.15) is 10.5 Å². The molecular weight excluding hydrogens is 342 g/mol.